The summed E-state index contributed by atoms with van der Waals surface area (Å²) in [5.74, 6) is -0.274. The smallest absolute Gasteiger partial charge is 0.358 e. The predicted molar refractivity (Wildman–Crippen MR) is 75.4 cm³/mol. The Morgan fingerprint density at radius 1 is 1.14 bits per heavy atom. The molecular weight excluding hydrogens is 523 g/mol. The summed E-state index contributed by atoms with van der Waals surface area (Å²) in [5, 5.41) is 2.71. The maximum Gasteiger partial charge on any atom is 2.00 e. The first-order valence-electron chi connectivity index (χ1n) is 5.69. The normalized spacial score (nSPS) is 9.95. The first kappa shape index (κ1) is 18.4. The maximum atomic E-state index is 13.4. The minimum atomic E-state index is -0.274. The molecule has 0 amide bonds. The van der Waals surface area contributed by atoms with Crippen LogP contribution in [0.15, 0.2) is 48.8 Å². The zero-order valence-corrected chi connectivity index (χ0v) is 16.4. The van der Waals surface area contributed by atoms with Crippen LogP contribution in [0.2, 0.25) is 0 Å². The van der Waals surface area contributed by atoms with Crippen LogP contribution < -0.4 is 0 Å². The fraction of sp³-hybridized carbons (Fsp3) is 0. The van der Waals surface area contributed by atoms with E-state index in [0.29, 0.717) is 0 Å². The van der Waals surface area contributed by atoms with E-state index in [9.17, 15) is 4.39 Å². The molecule has 0 fully saturated rings. The molecule has 4 aromatic rings. The van der Waals surface area contributed by atoms with Gasteiger partial charge in [-0.15, -0.1) is 18.2 Å². The van der Waals surface area contributed by atoms with Gasteiger partial charge in [-0.05, 0) is 11.5 Å². The Balaban J connectivity index is 0.000000735. The number of hydrogen-bond acceptors (Lipinski definition) is 1. The molecule has 0 aliphatic carbocycles. The van der Waals surface area contributed by atoms with E-state index in [0.717, 1.165) is 27.3 Å². The van der Waals surface area contributed by atoms with Gasteiger partial charge in [0.1, 0.15) is 0 Å². The second-order valence-corrected chi connectivity index (χ2v) is 4.24. The predicted octanol–water partition coefficient (Wildman–Crippen LogP) is 4.03. The average Bonchev–Trinajstić information content (AvgIpc) is 2.88. The van der Waals surface area contributed by atoms with Crippen molar-refractivity contribution in [3.05, 3.63) is 68.1 Å². The Morgan fingerprint density at radius 2 is 1.90 bits per heavy atom. The van der Waals surface area contributed by atoms with E-state index in [4.69, 9.17) is 0 Å². The topological polar surface area (TPSA) is 17.3 Å². The van der Waals surface area contributed by atoms with Crippen molar-refractivity contribution in [3.8, 4) is 0 Å². The minimum Gasteiger partial charge on any atom is -0.358 e. The van der Waals surface area contributed by atoms with Gasteiger partial charge >= 0.3 is 21.1 Å². The molecule has 2 aromatic heterocycles. The third-order valence-corrected chi connectivity index (χ3v) is 3.22. The van der Waals surface area contributed by atoms with Gasteiger partial charge in [0.2, 0.25) is 0 Å². The number of para-hydroxylation sites is 1. The fourth-order valence-corrected chi connectivity index (χ4v) is 2.46. The van der Waals surface area contributed by atoms with E-state index in [-0.39, 0.29) is 67.0 Å². The molecule has 0 atom stereocenters. The molecule has 2 aromatic carbocycles. The van der Waals surface area contributed by atoms with Crippen molar-refractivity contribution >= 4 is 27.3 Å². The van der Waals surface area contributed by atoms with Crippen molar-refractivity contribution in [1.29, 1.82) is 0 Å². The van der Waals surface area contributed by atoms with E-state index >= 15 is 0 Å². The van der Waals surface area contributed by atoms with Gasteiger partial charge in [-0.1, -0.05) is 29.0 Å². The molecule has 0 saturated carbocycles. The Kier molecular flexibility index (Phi) is 6.22. The Labute approximate surface area is 161 Å². The standard InChI is InChI=1S/C15H8FN2.CH3.Pt.Y/c16-10-5-6-12-13(9-10)11-3-1-2-4-14(11)18-8-7-17-15(12)18;;;/h1-5,7-9H;1H3;;/q2*-1;+2;. The molecule has 1 radical (unpaired) electrons. The number of benzene rings is 2. The molecule has 0 N–H and O–H groups in total. The second kappa shape index (κ2) is 7.09. The fourth-order valence-electron chi connectivity index (χ4n) is 2.46. The summed E-state index contributed by atoms with van der Waals surface area (Å²) in [4.78, 5) is 4.34. The molecule has 0 aliphatic heterocycles. The van der Waals surface area contributed by atoms with Crippen LogP contribution in [0, 0.1) is 19.3 Å². The minimum absolute atomic E-state index is 0. The third kappa shape index (κ3) is 2.84. The van der Waals surface area contributed by atoms with Gasteiger partial charge in [0, 0.05) is 56.4 Å². The Hall–Kier alpha value is -0.628. The van der Waals surface area contributed by atoms with Crippen LogP contribution in [0.5, 0.6) is 0 Å². The molecule has 0 saturated heterocycles. The van der Waals surface area contributed by atoms with Gasteiger partial charge in [0.25, 0.3) is 0 Å². The molecule has 105 valence electrons. The molecule has 0 aliphatic rings. The van der Waals surface area contributed by atoms with E-state index in [1.165, 1.54) is 6.07 Å². The van der Waals surface area contributed by atoms with Crippen LogP contribution in [0.4, 0.5) is 4.39 Å². The van der Waals surface area contributed by atoms with Crippen LogP contribution in [-0.2, 0) is 53.8 Å². The SMILES string of the molecule is Fc1c[c-]c2c(c1)c1ccccc1n1ccnc21.[CH3-].[Pt+2].[Y]. The monoisotopic (exact) mass is 534 g/mol. The number of hydrogen-bond donors (Lipinski definition) is 0. The van der Waals surface area contributed by atoms with Gasteiger partial charge in [-0.3, -0.25) is 9.37 Å². The number of rotatable bonds is 0. The summed E-state index contributed by atoms with van der Waals surface area (Å²) < 4.78 is 15.4. The van der Waals surface area contributed by atoms with E-state index in [1.54, 1.807) is 12.3 Å². The van der Waals surface area contributed by atoms with Crippen molar-refractivity contribution in [3.63, 3.8) is 0 Å². The average molecular weight is 534 g/mol. The number of aromatic nitrogens is 2. The number of nitrogens with zero attached hydrogens (tertiary/aromatic N) is 2. The number of imidazole rings is 1. The number of fused-ring (bicyclic) bond motifs is 6. The summed E-state index contributed by atoms with van der Waals surface area (Å²) in [5.41, 5.74) is 1.83. The van der Waals surface area contributed by atoms with Crippen LogP contribution in [0.1, 0.15) is 0 Å². The maximum absolute atomic E-state index is 13.4. The van der Waals surface area contributed by atoms with Crippen LogP contribution >= 0.6 is 0 Å². The van der Waals surface area contributed by atoms with Gasteiger partial charge < -0.3 is 11.8 Å². The molecule has 5 heteroatoms. The van der Waals surface area contributed by atoms with E-state index in [2.05, 4.69) is 11.1 Å². The molecule has 4 rings (SSSR count). The molecule has 2 heterocycles. The van der Waals surface area contributed by atoms with Crippen LogP contribution in [0.3, 0.4) is 0 Å². The van der Waals surface area contributed by atoms with Crippen molar-refractivity contribution in [2.45, 2.75) is 0 Å². The summed E-state index contributed by atoms with van der Waals surface area (Å²) in [6.45, 7) is 0. The van der Waals surface area contributed by atoms with Crippen molar-refractivity contribution in [2.24, 2.45) is 0 Å². The molecule has 2 nitrogen and oxygen atoms in total. The largest absolute Gasteiger partial charge is 2.00 e. The first-order valence-corrected chi connectivity index (χ1v) is 5.69. The van der Waals surface area contributed by atoms with Gasteiger partial charge in [0.15, 0.2) is 0 Å². The zero-order chi connectivity index (χ0) is 12.1. The Bertz CT molecular complexity index is 905. The third-order valence-electron chi connectivity index (χ3n) is 3.22. The van der Waals surface area contributed by atoms with Crippen LogP contribution in [0.25, 0.3) is 27.3 Å². The summed E-state index contributed by atoms with van der Waals surface area (Å²) in [6, 6.07) is 13.8. The van der Waals surface area contributed by atoms with Crippen molar-refractivity contribution in [1.82, 2.24) is 9.38 Å². The summed E-state index contributed by atoms with van der Waals surface area (Å²) in [7, 11) is 0. The van der Waals surface area contributed by atoms with Gasteiger partial charge in [0.05, 0.1) is 5.65 Å². The van der Waals surface area contributed by atoms with E-state index < -0.39 is 0 Å². The molecular formula is C16H11FN2PtY. The molecule has 0 bridgehead atoms. The molecule has 0 spiro atoms. The van der Waals surface area contributed by atoms with Gasteiger partial charge in [-0.25, -0.2) is 0 Å². The Morgan fingerprint density at radius 3 is 2.71 bits per heavy atom. The summed E-state index contributed by atoms with van der Waals surface area (Å²) >= 11 is 0. The summed E-state index contributed by atoms with van der Waals surface area (Å²) in [6.07, 6.45) is 3.66. The molecule has 21 heavy (non-hydrogen) atoms. The number of pyridine rings is 1. The first-order chi connectivity index (χ1) is 8.84. The quantitative estimate of drug-likeness (QED) is 0.246. The molecule has 0 unspecified atom stereocenters. The van der Waals surface area contributed by atoms with Crippen molar-refractivity contribution < 1.29 is 58.2 Å². The zero-order valence-electron chi connectivity index (χ0n) is 11.3. The number of halogens is 1. The van der Waals surface area contributed by atoms with Gasteiger partial charge in [-0.2, -0.15) is 0 Å². The van der Waals surface area contributed by atoms with E-state index in [1.807, 2.05) is 34.9 Å². The van der Waals surface area contributed by atoms with Crippen molar-refractivity contribution in [2.75, 3.05) is 0 Å². The van der Waals surface area contributed by atoms with Crippen LogP contribution in [-0.4, -0.2) is 9.38 Å². The second-order valence-electron chi connectivity index (χ2n) is 4.24.